The summed E-state index contributed by atoms with van der Waals surface area (Å²) in [7, 11) is 8.45. The molecule has 60 heavy (non-hydrogen) atoms. The van der Waals surface area contributed by atoms with Gasteiger partial charge in [-0.25, -0.2) is 19.9 Å². The number of aryl methyl sites for hydroxylation is 1. The molecule has 2 atom stereocenters. The van der Waals surface area contributed by atoms with Crippen molar-refractivity contribution in [1.29, 1.82) is 0 Å². The predicted octanol–water partition coefficient (Wildman–Crippen LogP) is 5.66. The Morgan fingerprint density at radius 1 is 0.633 bits per heavy atom. The van der Waals surface area contributed by atoms with Crippen LogP contribution in [-0.4, -0.2) is 105 Å². The molecule has 15 heteroatoms. The maximum Gasteiger partial charge on any atom is 0.255 e. The van der Waals surface area contributed by atoms with Gasteiger partial charge in [-0.15, -0.1) is 0 Å². The first-order valence-electron chi connectivity index (χ1n) is 20.0. The van der Waals surface area contributed by atoms with Gasteiger partial charge in [-0.05, 0) is 113 Å². The number of hydrogen-bond acceptors (Lipinski definition) is 12. The average Bonchev–Trinajstić information content (AvgIpc) is 3.96. The van der Waals surface area contributed by atoms with Crippen molar-refractivity contribution in [2.45, 2.75) is 45.1 Å². The van der Waals surface area contributed by atoms with Crippen LogP contribution in [0.2, 0.25) is 5.15 Å². The lowest BCUT2D eigenvalue weighted by Gasteiger charge is -2.21. The van der Waals surface area contributed by atoms with Crippen molar-refractivity contribution in [1.82, 2.24) is 38.9 Å². The summed E-state index contributed by atoms with van der Waals surface area (Å²) in [5, 5.41) is 0.409. The summed E-state index contributed by atoms with van der Waals surface area (Å²) in [4.78, 5) is 51.6. The zero-order chi connectivity index (χ0) is 42.2. The Kier molecular flexibility index (Phi) is 13.5. The van der Waals surface area contributed by atoms with Gasteiger partial charge in [0.1, 0.15) is 35.8 Å². The molecule has 6 aromatic rings. The predicted molar refractivity (Wildman–Crippen MR) is 235 cm³/mol. The summed E-state index contributed by atoms with van der Waals surface area (Å²) in [6, 6.07) is 23.0. The van der Waals surface area contributed by atoms with Crippen LogP contribution in [-0.2, 0) is 13.2 Å². The van der Waals surface area contributed by atoms with Crippen LogP contribution in [0.15, 0.2) is 120 Å². The fraction of sp³-hybridized carbons (Fsp3) is 0.333. The normalized spacial score (nSPS) is 16.3. The third-order valence-corrected chi connectivity index (χ3v) is 11.0. The fourth-order valence-corrected chi connectivity index (χ4v) is 7.23. The zero-order valence-corrected chi connectivity index (χ0v) is 35.4. The van der Waals surface area contributed by atoms with E-state index in [9.17, 15) is 9.59 Å². The number of rotatable bonds is 12. The molecule has 2 aliphatic rings. The zero-order valence-electron chi connectivity index (χ0n) is 34.7. The van der Waals surface area contributed by atoms with E-state index in [0.29, 0.717) is 35.5 Å². The Labute approximate surface area is 355 Å². The van der Waals surface area contributed by atoms with Gasteiger partial charge in [0.05, 0.1) is 30.0 Å². The van der Waals surface area contributed by atoms with Crippen LogP contribution in [0, 0.1) is 6.92 Å². The molecule has 0 amide bonds. The third-order valence-electron chi connectivity index (χ3n) is 10.8. The van der Waals surface area contributed by atoms with Crippen molar-refractivity contribution in [2.24, 2.45) is 0 Å². The summed E-state index contributed by atoms with van der Waals surface area (Å²) in [5.41, 5.74) is 3.90. The second-order valence-corrected chi connectivity index (χ2v) is 15.9. The maximum absolute atomic E-state index is 12.6. The molecule has 6 aromatic heterocycles. The van der Waals surface area contributed by atoms with E-state index >= 15 is 0 Å². The SMILES string of the molecule is CN(C)C1CCN(c2ccc(-n3ccc(COc4ccc(Cl)nc4)cc3=O)cn2)C1.Cc1ccc(OCc2ccn(-c3ccc(N4CCC(N(C)C)C4)nc3)c(=O)c2)nc1. The van der Waals surface area contributed by atoms with Gasteiger partial charge in [0.15, 0.2) is 0 Å². The minimum Gasteiger partial charge on any atom is -0.487 e. The summed E-state index contributed by atoms with van der Waals surface area (Å²) in [5.74, 6) is 3.04. The van der Waals surface area contributed by atoms with Crippen molar-refractivity contribution in [2.75, 3.05) is 64.2 Å². The Morgan fingerprint density at radius 3 is 1.60 bits per heavy atom. The first-order valence-corrected chi connectivity index (χ1v) is 20.4. The molecule has 2 aliphatic heterocycles. The lowest BCUT2D eigenvalue weighted by Crippen LogP contribution is -2.31. The Bertz CT molecular complexity index is 2270. The number of pyridine rings is 6. The molecular formula is C45H51ClN10O4. The molecule has 0 spiro atoms. The highest BCUT2D eigenvalue weighted by molar-refractivity contribution is 6.29. The van der Waals surface area contributed by atoms with Crippen molar-refractivity contribution in [3.05, 3.63) is 153 Å². The van der Waals surface area contributed by atoms with Gasteiger partial charge in [0, 0.05) is 75.1 Å². The van der Waals surface area contributed by atoms with Crippen LogP contribution in [0.4, 0.5) is 11.6 Å². The molecule has 0 saturated carbocycles. The van der Waals surface area contributed by atoms with Crippen molar-refractivity contribution < 1.29 is 9.47 Å². The number of ether oxygens (including phenoxy) is 2. The first kappa shape index (κ1) is 42.0. The lowest BCUT2D eigenvalue weighted by atomic mass is 10.2. The van der Waals surface area contributed by atoms with Crippen molar-refractivity contribution >= 4 is 23.2 Å². The van der Waals surface area contributed by atoms with Crippen molar-refractivity contribution in [3.8, 4) is 23.0 Å². The number of anilines is 2. The van der Waals surface area contributed by atoms with E-state index in [-0.39, 0.29) is 17.7 Å². The molecule has 2 saturated heterocycles. The quantitative estimate of drug-likeness (QED) is 0.142. The highest BCUT2D eigenvalue weighted by Gasteiger charge is 2.26. The van der Waals surface area contributed by atoms with Gasteiger partial charge >= 0.3 is 0 Å². The molecule has 2 unspecified atom stereocenters. The molecule has 8 heterocycles. The third kappa shape index (κ3) is 10.7. The van der Waals surface area contributed by atoms with Gasteiger partial charge in [-0.3, -0.25) is 18.7 Å². The highest BCUT2D eigenvalue weighted by atomic mass is 35.5. The number of hydrogen-bond donors (Lipinski definition) is 0. The second-order valence-electron chi connectivity index (χ2n) is 15.5. The Morgan fingerprint density at radius 2 is 1.18 bits per heavy atom. The van der Waals surface area contributed by atoms with Gasteiger partial charge in [0.2, 0.25) is 5.88 Å². The molecule has 0 N–H and O–H groups in total. The summed E-state index contributed by atoms with van der Waals surface area (Å²) in [6.45, 7) is 6.49. The van der Waals surface area contributed by atoms with Gasteiger partial charge in [-0.2, -0.15) is 0 Å². The smallest absolute Gasteiger partial charge is 0.255 e. The molecule has 312 valence electrons. The molecule has 2 fully saturated rings. The number of likely N-dealkylation sites (N-methyl/N-ethyl adjacent to an activating group) is 2. The molecule has 0 aromatic carbocycles. The highest BCUT2D eigenvalue weighted by Crippen LogP contribution is 2.23. The molecule has 14 nitrogen and oxygen atoms in total. The van der Waals surface area contributed by atoms with E-state index in [1.807, 2.05) is 55.5 Å². The maximum atomic E-state index is 12.6. The second kappa shape index (κ2) is 19.3. The number of aromatic nitrogens is 6. The van der Waals surface area contributed by atoms with E-state index in [0.717, 1.165) is 78.7 Å². The topological polar surface area (TPSA) is 127 Å². The molecule has 0 radical (unpaired) electrons. The van der Waals surface area contributed by atoms with Crippen LogP contribution < -0.4 is 30.4 Å². The number of nitrogens with zero attached hydrogens (tertiary/aromatic N) is 10. The Hall–Kier alpha value is -6.09. The number of halogens is 1. The summed E-state index contributed by atoms with van der Waals surface area (Å²) >= 11 is 5.77. The van der Waals surface area contributed by atoms with E-state index in [2.05, 4.69) is 67.7 Å². The van der Waals surface area contributed by atoms with E-state index in [1.54, 1.807) is 70.6 Å². The van der Waals surface area contributed by atoms with E-state index in [4.69, 9.17) is 21.1 Å². The van der Waals surface area contributed by atoms with Gasteiger partial charge in [-0.1, -0.05) is 17.7 Å². The van der Waals surface area contributed by atoms with E-state index in [1.165, 1.54) is 0 Å². The van der Waals surface area contributed by atoms with Crippen LogP contribution in [0.5, 0.6) is 11.6 Å². The molecule has 0 aliphatic carbocycles. The first-order chi connectivity index (χ1) is 29.0. The van der Waals surface area contributed by atoms with Crippen LogP contribution in [0.25, 0.3) is 11.4 Å². The average molecular weight is 831 g/mol. The Balaban J connectivity index is 0.000000181. The summed E-state index contributed by atoms with van der Waals surface area (Å²) < 4.78 is 14.5. The minimum absolute atomic E-state index is 0.114. The van der Waals surface area contributed by atoms with Gasteiger partial charge < -0.3 is 29.1 Å². The lowest BCUT2D eigenvalue weighted by molar-refractivity contribution is 0.293. The monoisotopic (exact) mass is 830 g/mol. The minimum atomic E-state index is -0.131. The molecule has 0 bridgehead atoms. The van der Waals surface area contributed by atoms with Crippen LogP contribution in [0.3, 0.4) is 0 Å². The van der Waals surface area contributed by atoms with E-state index < -0.39 is 0 Å². The molecular weight excluding hydrogens is 780 g/mol. The fourth-order valence-electron chi connectivity index (χ4n) is 7.12. The largest absolute Gasteiger partial charge is 0.487 e. The van der Waals surface area contributed by atoms with Crippen LogP contribution >= 0.6 is 11.6 Å². The summed E-state index contributed by atoms with van der Waals surface area (Å²) in [6.07, 6.45) is 12.6. The van der Waals surface area contributed by atoms with Gasteiger partial charge in [0.25, 0.3) is 11.1 Å². The standard InChI is InChI=1S/C23H27N5O2.C22H24ClN5O2/c1-17-4-7-22(25-13-17)30-16-18-8-11-28(23(29)12-18)19-5-6-21(24-14-19)27-10-9-20(15-27)26(2)3;1-26(2)18-8-9-27(14-18)21-6-3-17(12-25-21)28-10-7-16(11-22(28)29)15-30-19-4-5-20(23)24-13-19/h4-8,11-14,20H,9-10,15-16H2,1-3H3;3-7,10-13,18H,8-9,14-15H2,1-2H3. The molecule has 8 rings (SSSR count). The van der Waals surface area contributed by atoms with Crippen LogP contribution in [0.1, 0.15) is 29.5 Å². The van der Waals surface area contributed by atoms with Crippen molar-refractivity contribution in [3.63, 3.8) is 0 Å².